The second kappa shape index (κ2) is 13.7. The van der Waals surface area contributed by atoms with Gasteiger partial charge >= 0.3 is 0 Å². The predicted octanol–water partition coefficient (Wildman–Crippen LogP) is 5.25. The van der Waals surface area contributed by atoms with Gasteiger partial charge in [-0.25, -0.2) is 5.43 Å². The molecule has 0 bridgehead atoms. The Labute approximate surface area is 241 Å². The third-order valence-electron chi connectivity index (χ3n) is 5.56. The summed E-state index contributed by atoms with van der Waals surface area (Å²) >= 11 is 7.32. The van der Waals surface area contributed by atoms with E-state index in [1.54, 1.807) is 24.3 Å². The zero-order valence-electron chi connectivity index (χ0n) is 22.4. The van der Waals surface area contributed by atoms with Crippen LogP contribution in [0.2, 0.25) is 5.02 Å². The normalized spacial score (nSPS) is 10.9. The van der Waals surface area contributed by atoms with Gasteiger partial charge in [0, 0.05) is 21.8 Å². The van der Waals surface area contributed by atoms with Crippen molar-refractivity contribution in [1.29, 1.82) is 0 Å². The van der Waals surface area contributed by atoms with Gasteiger partial charge in [-0.2, -0.15) is 5.10 Å². The van der Waals surface area contributed by atoms with Gasteiger partial charge in [0.1, 0.15) is 5.75 Å². The van der Waals surface area contributed by atoms with Crippen LogP contribution >= 0.6 is 23.4 Å². The minimum absolute atomic E-state index is 0.0579. The molecular weight excluding hydrogens is 554 g/mol. The molecule has 4 aromatic rings. The lowest BCUT2D eigenvalue weighted by Crippen LogP contribution is -2.20. The molecule has 40 heavy (non-hydrogen) atoms. The number of hydrazone groups is 1. The minimum atomic E-state index is -0.317. The lowest BCUT2D eigenvalue weighted by atomic mass is 10.2. The van der Waals surface area contributed by atoms with Crippen molar-refractivity contribution in [2.24, 2.45) is 5.10 Å². The van der Waals surface area contributed by atoms with Crippen LogP contribution in [0, 0.1) is 0 Å². The largest absolute Gasteiger partial charge is 0.494 e. The SMILES string of the molecule is CCOc1ccc(-n2c(SCC(=O)N/N=C\c3cc(OC)c(OC)c(OC)c3)nnc2-c2ccc(Cl)cc2)cc1. The summed E-state index contributed by atoms with van der Waals surface area (Å²) in [6, 6.07) is 18.4. The molecule has 0 radical (unpaired) electrons. The zero-order valence-corrected chi connectivity index (χ0v) is 24.0. The van der Waals surface area contributed by atoms with Gasteiger partial charge in [0.25, 0.3) is 5.91 Å². The molecule has 0 aliphatic carbocycles. The van der Waals surface area contributed by atoms with Crippen LogP contribution < -0.4 is 24.4 Å². The predicted molar refractivity (Wildman–Crippen MR) is 156 cm³/mol. The number of amides is 1. The third kappa shape index (κ3) is 6.85. The van der Waals surface area contributed by atoms with E-state index in [4.69, 9.17) is 30.5 Å². The van der Waals surface area contributed by atoms with Crippen molar-refractivity contribution >= 4 is 35.5 Å². The molecule has 3 aromatic carbocycles. The van der Waals surface area contributed by atoms with Crippen LogP contribution in [0.5, 0.6) is 23.0 Å². The molecule has 4 rings (SSSR count). The summed E-state index contributed by atoms with van der Waals surface area (Å²) < 4.78 is 23.5. The van der Waals surface area contributed by atoms with E-state index in [1.807, 2.05) is 47.9 Å². The monoisotopic (exact) mass is 581 g/mol. The number of nitrogens with one attached hydrogen (secondary N) is 1. The maximum absolute atomic E-state index is 12.6. The Kier molecular flexibility index (Phi) is 9.87. The molecule has 0 spiro atoms. The average Bonchev–Trinajstić information content (AvgIpc) is 3.40. The zero-order chi connectivity index (χ0) is 28.5. The van der Waals surface area contributed by atoms with Gasteiger partial charge < -0.3 is 18.9 Å². The Hall–Kier alpha value is -4.22. The van der Waals surface area contributed by atoms with Gasteiger partial charge in [-0.1, -0.05) is 23.4 Å². The second-order valence-corrected chi connectivity index (χ2v) is 9.49. The Bertz CT molecular complexity index is 1450. The first kappa shape index (κ1) is 28.8. The minimum Gasteiger partial charge on any atom is -0.494 e. The van der Waals surface area contributed by atoms with Crippen LogP contribution in [0.25, 0.3) is 17.1 Å². The highest BCUT2D eigenvalue weighted by atomic mass is 35.5. The first-order valence-electron chi connectivity index (χ1n) is 12.2. The number of ether oxygens (including phenoxy) is 4. The highest BCUT2D eigenvalue weighted by Crippen LogP contribution is 2.37. The van der Waals surface area contributed by atoms with E-state index in [0.717, 1.165) is 17.0 Å². The fourth-order valence-corrected chi connectivity index (χ4v) is 4.63. The third-order valence-corrected chi connectivity index (χ3v) is 6.74. The molecule has 10 nitrogen and oxygen atoms in total. The smallest absolute Gasteiger partial charge is 0.250 e. The number of thioether (sulfide) groups is 1. The van der Waals surface area contributed by atoms with E-state index < -0.39 is 0 Å². The van der Waals surface area contributed by atoms with Crippen LogP contribution in [-0.4, -0.2) is 60.6 Å². The van der Waals surface area contributed by atoms with E-state index in [2.05, 4.69) is 20.7 Å². The number of carbonyl (C=O) groups is 1. The number of nitrogens with zero attached hydrogens (tertiary/aromatic N) is 4. The van der Waals surface area contributed by atoms with Gasteiger partial charge in [-0.15, -0.1) is 10.2 Å². The molecule has 12 heteroatoms. The maximum atomic E-state index is 12.6. The number of hydrogen-bond acceptors (Lipinski definition) is 9. The summed E-state index contributed by atoms with van der Waals surface area (Å²) in [6.45, 7) is 2.50. The Morgan fingerprint density at radius 3 is 2.27 bits per heavy atom. The van der Waals surface area contributed by atoms with Crippen molar-refractivity contribution in [3.05, 3.63) is 71.2 Å². The number of halogens is 1. The Morgan fingerprint density at radius 2 is 1.68 bits per heavy atom. The summed E-state index contributed by atoms with van der Waals surface area (Å²) in [4.78, 5) is 12.6. The second-order valence-electron chi connectivity index (χ2n) is 8.12. The van der Waals surface area contributed by atoms with E-state index in [9.17, 15) is 4.79 Å². The van der Waals surface area contributed by atoms with Crippen LogP contribution in [0.4, 0.5) is 0 Å². The topological polar surface area (TPSA) is 109 Å². The summed E-state index contributed by atoms with van der Waals surface area (Å²) in [5.41, 5.74) is 4.85. The summed E-state index contributed by atoms with van der Waals surface area (Å²) in [5, 5.41) is 14.0. The fourth-order valence-electron chi connectivity index (χ4n) is 3.76. The molecule has 0 unspecified atom stereocenters. The van der Waals surface area contributed by atoms with Gasteiger partial charge in [-0.05, 0) is 67.6 Å². The number of aromatic nitrogens is 3. The quantitative estimate of drug-likeness (QED) is 0.137. The van der Waals surface area contributed by atoms with E-state index in [0.29, 0.717) is 45.4 Å². The Morgan fingerprint density at radius 1 is 1.00 bits per heavy atom. The van der Waals surface area contributed by atoms with E-state index in [-0.39, 0.29) is 11.7 Å². The summed E-state index contributed by atoms with van der Waals surface area (Å²) in [7, 11) is 4.59. The molecule has 0 atom stereocenters. The highest BCUT2D eigenvalue weighted by Gasteiger charge is 2.18. The van der Waals surface area contributed by atoms with Crippen molar-refractivity contribution in [3.8, 4) is 40.1 Å². The van der Waals surface area contributed by atoms with Crippen LogP contribution in [-0.2, 0) is 4.79 Å². The number of carbonyl (C=O) groups excluding carboxylic acids is 1. The van der Waals surface area contributed by atoms with Crippen LogP contribution in [0.1, 0.15) is 12.5 Å². The number of hydrogen-bond donors (Lipinski definition) is 1. The van der Waals surface area contributed by atoms with Crippen molar-refractivity contribution in [2.45, 2.75) is 12.1 Å². The van der Waals surface area contributed by atoms with Crippen molar-refractivity contribution < 1.29 is 23.7 Å². The number of benzene rings is 3. The van der Waals surface area contributed by atoms with E-state index >= 15 is 0 Å². The van der Waals surface area contributed by atoms with Crippen molar-refractivity contribution in [2.75, 3.05) is 33.7 Å². The Balaban J connectivity index is 1.50. The first-order chi connectivity index (χ1) is 19.5. The van der Waals surface area contributed by atoms with Crippen LogP contribution in [0.3, 0.4) is 0 Å². The molecule has 0 aliphatic rings. The number of methoxy groups -OCH3 is 3. The maximum Gasteiger partial charge on any atom is 0.250 e. The van der Waals surface area contributed by atoms with Gasteiger partial charge in [0.05, 0.1) is 39.9 Å². The highest BCUT2D eigenvalue weighted by molar-refractivity contribution is 7.99. The van der Waals surface area contributed by atoms with Gasteiger partial charge in [-0.3, -0.25) is 9.36 Å². The van der Waals surface area contributed by atoms with Gasteiger partial charge in [0.15, 0.2) is 22.5 Å². The molecular formula is C28H28ClN5O5S. The number of rotatable bonds is 12. The molecule has 0 fully saturated rings. The standard InChI is InChI=1S/C28H28ClN5O5S/c1-5-39-22-12-10-21(11-13-22)34-27(19-6-8-20(29)9-7-19)32-33-28(34)40-17-25(35)31-30-16-18-14-23(36-2)26(38-4)24(15-18)37-3/h6-16H,5,17H2,1-4H3,(H,31,35)/b30-16-. The van der Waals surface area contributed by atoms with Crippen molar-refractivity contribution in [1.82, 2.24) is 20.2 Å². The molecule has 0 saturated heterocycles. The van der Waals surface area contributed by atoms with Crippen molar-refractivity contribution in [3.63, 3.8) is 0 Å². The fraction of sp³-hybridized carbons (Fsp3) is 0.214. The first-order valence-corrected chi connectivity index (χ1v) is 13.5. The average molecular weight is 582 g/mol. The molecule has 208 valence electrons. The molecule has 0 saturated carbocycles. The molecule has 1 amide bonds. The molecule has 1 aromatic heterocycles. The molecule has 1 N–H and O–H groups in total. The van der Waals surface area contributed by atoms with Gasteiger partial charge in [0.2, 0.25) is 5.75 Å². The lowest BCUT2D eigenvalue weighted by Gasteiger charge is -2.12. The lowest BCUT2D eigenvalue weighted by molar-refractivity contribution is -0.118. The molecule has 1 heterocycles. The summed E-state index contributed by atoms with van der Waals surface area (Å²) in [5.74, 6) is 2.54. The summed E-state index contributed by atoms with van der Waals surface area (Å²) in [6.07, 6.45) is 1.49. The van der Waals surface area contributed by atoms with Crippen LogP contribution in [0.15, 0.2) is 70.9 Å². The van der Waals surface area contributed by atoms with E-state index in [1.165, 1.54) is 39.3 Å². The molecule has 0 aliphatic heterocycles.